The second-order valence-corrected chi connectivity index (χ2v) is 8.17. The van der Waals surface area contributed by atoms with E-state index in [1.54, 1.807) is 25.1 Å². The van der Waals surface area contributed by atoms with Crippen LogP contribution in [0.25, 0.3) is 0 Å². The van der Waals surface area contributed by atoms with E-state index in [0.29, 0.717) is 27.4 Å². The molecule has 1 amide bonds. The largest absolute Gasteiger partial charge is 0.497 e. The lowest BCUT2D eigenvalue weighted by Gasteiger charge is -2.24. The molecule has 29 heavy (non-hydrogen) atoms. The van der Waals surface area contributed by atoms with Crippen LogP contribution >= 0.6 is 0 Å². The van der Waals surface area contributed by atoms with Crippen LogP contribution < -0.4 is 19.1 Å². The first-order valence-electron chi connectivity index (χ1n) is 8.51. The molecule has 7 nitrogen and oxygen atoms in total. The zero-order valence-corrected chi connectivity index (χ0v) is 17.2. The Bertz CT molecular complexity index is 998. The number of carbonyl (C=O) groups excluding carboxylic acids is 1. The Hall–Kier alpha value is -2.88. The number of nitrogens with one attached hydrogen (secondary N) is 1. The van der Waals surface area contributed by atoms with Crippen molar-refractivity contribution in [3.05, 3.63) is 53.6 Å². The molecule has 0 saturated carbocycles. The molecule has 1 unspecified atom stereocenters. The SMILES string of the molecule is COc1ccc(OC)c(C(C)NC(=O)CN(c2ccc(F)cc2F)S(C)(=O)=O)c1. The molecule has 1 N–H and O–H groups in total. The molecule has 0 saturated heterocycles. The molecule has 2 rings (SSSR count). The fourth-order valence-corrected chi connectivity index (χ4v) is 3.59. The van der Waals surface area contributed by atoms with Crippen molar-refractivity contribution >= 4 is 21.6 Å². The van der Waals surface area contributed by atoms with Crippen LogP contribution in [0.2, 0.25) is 0 Å². The van der Waals surface area contributed by atoms with E-state index in [2.05, 4.69) is 5.32 Å². The average molecular weight is 428 g/mol. The zero-order valence-electron chi connectivity index (χ0n) is 16.4. The Morgan fingerprint density at radius 2 is 1.83 bits per heavy atom. The van der Waals surface area contributed by atoms with Gasteiger partial charge in [0.15, 0.2) is 0 Å². The lowest BCUT2D eigenvalue weighted by Crippen LogP contribution is -2.41. The van der Waals surface area contributed by atoms with Gasteiger partial charge in [0.05, 0.1) is 32.2 Å². The molecule has 0 bridgehead atoms. The Kier molecular flexibility index (Phi) is 7.02. The highest BCUT2D eigenvalue weighted by molar-refractivity contribution is 7.92. The summed E-state index contributed by atoms with van der Waals surface area (Å²) in [6.45, 7) is 0.996. The normalized spacial score (nSPS) is 12.2. The van der Waals surface area contributed by atoms with Gasteiger partial charge in [0.1, 0.15) is 29.7 Å². The monoisotopic (exact) mass is 428 g/mol. The topological polar surface area (TPSA) is 84.9 Å². The summed E-state index contributed by atoms with van der Waals surface area (Å²) in [5.74, 6) is -1.58. The van der Waals surface area contributed by atoms with Crippen LogP contribution in [0.15, 0.2) is 36.4 Å². The lowest BCUT2D eigenvalue weighted by atomic mass is 10.1. The molecule has 0 aliphatic carbocycles. The van der Waals surface area contributed by atoms with E-state index < -0.39 is 45.8 Å². The standard InChI is InChI=1S/C19H22F2N2O5S/c1-12(15-10-14(27-2)6-8-18(15)28-3)22-19(24)11-23(29(4,25)26)17-7-5-13(20)9-16(17)21/h5-10,12H,11H2,1-4H3,(H,22,24). The van der Waals surface area contributed by atoms with Crippen LogP contribution in [-0.2, 0) is 14.8 Å². The molecular weight excluding hydrogens is 406 g/mol. The van der Waals surface area contributed by atoms with Crippen molar-refractivity contribution in [3.8, 4) is 11.5 Å². The Labute approximate surface area is 168 Å². The number of carbonyl (C=O) groups is 1. The van der Waals surface area contributed by atoms with Crippen molar-refractivity contribution in [2.45, 2.75) is 13.0 Å². The predicted octanol–water partition coefficient (Wildman–Crippen LogP) is 2.63. The van der Waals surface area contributed by atoms with E-state index in [4.69, 9.17) is 9.47 Å². The Morgan fingerprint density at radius 1 is 1.14 bits per heavy atom. The molecule has 2 aromatic carbocycles. The highest BCUT2D eigenvalue weighted by atomic mass is 32.2. The zero-order chi connectivity index (χ0) is 21.8. The molecule has 0 heterocycles. The van der Waals surface area contributed by atoms with Gasteiger partial charge in [-0.2, -0.15) is 0 Å². The van der Waals surface area contributed by atoms with Crippen LogP contribution in [0.4, 0.5) is 14.5 Å². The van der Waals surface area contributed by atoms with E-state index in [-0.39, 0.29) is 0 Å². The maximum atomic E-state index is 14.1. The molecule has 10 heteroatoms. The van der Waals surface area contributed by atoms with Crippen LogP contribution in [0.5, 0.6) is 11.5 Å². The van der Waals surface area contributed by atoms with Crippen LogP contribution in [-0.4, -0.2) is 41.3 Å². The molecule has 0 aliphatic rings. The third-order valence-corrected chi connectivity index (χ3v) is 5.27. The number of methoxy groups -OCH3 is 2. The number of nitrogens with zero attached hydrogens (tertiary/aromatic N) is 1. The van der Waals surface area contributed by atoms with E-state index in [1.165, 1.54) is 14.2 Å². The highest BCUT2D eigenvalue weighted by Crippen LogP contribution is 2.29. The van der Waals surface area contributed by atoms with Crippen molar-refractivity contribution in [3.63, 3.8) is 0 Å². The Balaban J connectivity index is 2.25. The highest BCUT2D eigenvalue weighted by Gasteiger charge is 2.25. The van der Waals surface area contributed by atoms with Crippen molar-refractivity contribution in [2.24, 2.45) is 0 Å². The molecule has 0 spiro atoms. The average Bonchev–Trinajstić information content (AvgIpc) is 2.65. The van der Waals surface area contributed by atoms with Crippen molar-refractivity contribution in [1.82, 2.24) is 5.32 Å². The molecule has 0 aliphatic heterocycles. The van der Waals surface area contributed by atoms with Gasteiger partial charge in [-0.05, 0) is 37.3 Å². The molecular formula is C19H22F2N2O5S. The lowest BCUT2D eigenvalue weighted by molar-refractivity contribution is -0.120. The van der Waals surface area contributed by atoms with Crippen molar-refractivity contribution in [1.29, 1.82) is 0 Å². The number of hydrogen-bond acceptors (Lipinski definition) is 5. The Morgan fingerprint density at radius 3 is 2.38 bits per heavy atom. The number of halogens is 2. The summed E-state index contributed by atoms with van der Waals surface area (Å²) in [6, 6.07) is 6.91. The predicted molar refractivity (Wildman–Crippen MR) is 105 cm³/mol. The van der Waals surface area contributed by atoms with E-state index in [0.717, 1.165) is 18.4 Å². The second kappa shape index (κ2) is 9.08. The number of rotatable bonds is 8. The molecule has 2 aromatic rings. The van der Waals surface area contributed by atoms with Gasteiger partial charge in [-0.25, -0.2) is 17.2 Å². The molecule has 0 fully saturated rings. The van der Waals surface area contributed by atoms with Crippen molar-refractivity contribution in [2.75, 3.05) is 31.3 Å². The summed E-state index contributed by atoms with van der Waals surface area (Å²) in [4.78, 5) is 12.5. The summed E-state index contributed by atoms with van der Waals surface area (Å²) in [5.41, 5.74) is 0.190. The second-order valence-electron chi connectivity index (χ2n) is 6.26. The maximum absolute atomic E-state index is 14.1. The third kappa shape index (κ3) is 5.57. The summed E-state index contributed by atoms with van der Waals surface area (Å²) in [5, 5.41) is 2.65. The van der Waals surface area contributed by atoms with Gasteiger partial charge in [-0.3, -0.25) is 9.10 Å². The number of benzene rings is 2. The van der Waals surface area contributed by atoms with Gasteiger partial charge in [-0.15, -0.1) is 0 Å². The molecule has 1 atom stereocenters. The van der Waals surface area contributed by atoms with Crippen LogP contribution in [0, 0.1) is 11.6 Å². The summed E-state index contributed by atoms with van der Waals surface area (Å²) in [6.07, 6.45) is 0.831. The number of ether oxygens (including phenoxy) is 2. The van der Waals surface area contributed by atoms with E-state index in [1.807, 2.05) is 0 Å². The minimum Gasteiger partial charge on any atom is -0.497 e. The number of anilines is 1. The number of hydrogen-bond donors (Lipinski definition) is 1. The van der Waals surface area contributed by atoms with Gasteiger partial charge < -0.3 is 14.8 Å². The first kappa shape index (κ1) is 22.4. The first-order valence-corrected chi connectivity index (χ1v) is 10.4. The van der Waals surface area contributed by atoms with Crippen LogP contribution in [0.3, 0.4) is 0 Å². The summed E-state index contributed by atoms with van der Waals surface area (Å²) >= 11 is 0. The van der Waals surface area contributed by atoms with Gasteiger partial charge in [0.2, 0.25) is 15.9 Å². The number of sulfonamides is 1. The maximum Gasteiger partial charge on any atom is 0.241 e. The number of amides is 1. The summed E-state index contributed by atoms with van der Waals surface area (Å²) < 4.78 is 62.5. The summed E-state index contributed by atoms with van der Waals surface area (Å²) in [7, 11) is -1.04. The van der Waals surface area contributed by atoms with E-state index in [9.17, 15) is 22.0 Å². The van der Waals surface area contributed by atoms with Crippen molar-refractivity contribution < 1.29 is 31.5 Å². The van der Waals surface area contributed by atoms with E-state index >= 15 is 0 Å². The molecule has 0 aromatic heterocycles. The third-order valence-electron chi connectivity index (χ3n) is 4.15. The van der Waals surface area contributed by atoms with Gasteiger partial charge in [0.25, 0.3) is 0 Å². The van der Waals surface area contributed by atoms with Gasteiger partial charge >= 0.3 is 0 Å². The quantitative estimate of drug-likeness (QED) is 0.699. The van der Waals surface area contributed by atoms with Crippen LogP contribution in [0.1, 0.15) is 18.5 Å². The molecule has 0 radical (unpaired) electrons. The van der Waals surface area contributed by atoms with Gasteiger partial charge in [0, 0.05) is 11.6 Å². The minimum atomic E-state index is -4.01. The fourth-order valence-electron chi connectivity index (χ4n) is 2.74. The fraction of sp³-hybridized carbons (Fsp3) is 0.316. The first-order chi connectivity index (χ1) is 13.6. The smallest absolute Gasteiger partial charge is 0.241 e. The minimum absolute atomic E-state index is 0.421. The van der Waals surface area contributed by atoms with Gasteiger partial charge in [-0.1, -0.05) is 0 Å². The molecule has 158 valence electrons.